The fourth-order valence-corrected chi connectivity index (χ4v) is 7.32. The number of halogens is 1. The molecule has 0 radical (unpaired) electrons. The van der Waals surface area contributed by atoms with Crippen LogP contribution in [0.15, 0.2) is 0 Å². The average molecular weight is 231 g/mol. The van der Waals surface area contributed by atoms with Gasteiger partial charge in [0.1, 0.15) is 8.83 Å². The standard InChI is InChI=1S/C12H23ClSi/c1-10(2)6-5-9-7-12(10,8-14-13)11(9,3)4/h9H,5-8,14H2,1-4H3. The second-order valence-electron chi connectivity index (χ2n) is 6.57. The van der Waals surface area contributed by atoms with E-state index < -0.39 is 0 Å². The third-order valence-corrected chi connectivity index (χ3v) is 7.39. The normalized spacial score (nSPS) is 43.9. The van der Waals surface area contributed by atoms with Gasteiger partial charge in [-0.2, -0.15) is 11.1 Å². The van der Waals surface area contributed by atoms with Crippen LogP contribution in [0, 0.1) is 22.2 Å². The van der Waals surface area contributed by atoms with E-state index in [-0.39, 0.29) is 8.83 Å². The quantitative estimate of drug-likeness (QED) is 0.503. The van der Waals surface area contributed by atoms with Gasteiger partial charge in [0.2, 0.25) is 0 Å². The molecule has 14 heavy (non-hydrogen) atoms. The van der Waals surface area contributed by atoms with Crippen LogP contribution < -0.4 is 0 Å². The topological polar surface area (TPSA) is 0 Å². The largest absolute Gasteiger partial charge is 0.176 e. The summed E-state index contributed by atoms with van der Waals surface area (Å²) in [4.78, 5) is 0. The van der Waals surface area contributed by atoms with Crippen molar-refractivity contribution in [2.45, 2.75) is 53.0 Å². The van der Waals surface area contributed by atoms with Crippen LogP contribution in [-0.2, 0) is 0 Å². The van der Waals surface area contributed by atoms with Crippen molar-refractivity contribution in [3.8, 4) is 0 Å². The van der Waals surface area contributed by atoms with E-state index in [0.717, 1.165) is 5.92 Å². The molecule has 0 saturated heterocycles. The van der Waals surface area contributed by atoms with Crippen molar-refractivity contribution in [3.63, 3.8) is 0 Å². The van der Waals surface area contributed by atoms with E-state index in [1.165, 1.54) is 25.3 Å². The molecule has 2 unspecified atom stereocenters. The van der Waals surface area contributed by atoms with E-state index in [2.05, 4.69) is 27.7 Å². The van der Waals surface area contributed by atoms with Crippen LogP contribution in [0.3, 0.4) is 0 Å². The molecular weight excluding hydrogens is 208 g/mol. The Morgan fingerprint density at radius 1 is 1.29 bits per heavy atom. The summed E-state index contributed by atoms with van der Waals surface area (Å²) in [6.45, 7) is 9.93. The summed E-state index contributed by atoms with van der Waals surface area (Å²) < 4.78 is 0. The van der Waals surface area contributed by atoms with E-state index >= 15 is 0 Å². The number of fused-ring (bicyclic) bond motifs is 2. The minimum absolute atomic E-state index is 0.315. The number of hydrogen-bond acceptors (Lipinski definition) is 0. The summed E-state index contributed by atoms with van der Waals surface area (Å²) in [5.41, 5.74) is 1.70. The Hall–Kier alpha value is 0.507. The molecule has 0 aliphatic heterocycles. The van der Waals surface area contributed by atoms with Gasteiger partial charge in [0.25, 0.3) is 0 Å². The maximum absolute atomic E-state index is 6.14. The van der Waals surface area contributed by atoms with Gasteiger partial charge in [0.05, 0.1) is 0 Å². The molecule has 2 atom stereocenters. The Kier molecular flexibility index (Phi) is 2.36. The molecule has 0 amide bonds. The van der Waals surface area contributed by atoms with Crippen LogP contribution in [0.1, 0.15) is 47.0 Å². The van der Waals surface area contributed by atoms with E-state index in [1.54, 1.807) is 0 Å². The van der Waals surface area contributed by atoms with Crippen LogP contribution in [0.5, 0.6) is 0 Å². The second-order valence-corrected chi connectivity index (χ2v) is 8.58. The van der Waals surface area contributed by atoms with Crippen molar-refractivity contribution in [1.29, 1.82) is 0 Å². The van der Waals surface area contributed by atoms with Crippen molar-refractivity contribution >= 4 is 19.9 Å². The van der Waals surface area contributed by atoms with Gasteiger partial charge in [-0.05, 0) is 47.5 Å². The molecule has 82 valence electrons. The van der Waals surface area contributed by atoms with E-state index in [9.17, 15) is 0 Å². The predicted molar refractivity (Wildman–Crippen MR) is 66.5 cm³/mol. The zero-order chi connectivity index (χ0) is 10.6. The second kappa shape index (κ2) is 3.01. The minimum atomic E-state index is -0.315. The molecule has 0 aromatic carbocycles. The van der Waals surface area contributed by atoms with Gasteiger partial charge in [0.15, 0.2) is 0 Å². The van der Waals surface area contributed by atoms with Crippen molar-refractivity contribution in [2.75, 3.05) is 0 Å². The summed E-state index contributed by atoms with van der Waals surface area (Å²) in [5.74, 6) is 0.993. The molecule has 0 nitrogen and oxygen atoms in total. The van der Waals surface area contributed by atoms with E-state index in [0.29, 0.717) is 16.2 Å². The Labute approximate surface area is 95.3 Å². The smallest absolute Gasteiger partial charge is 0.125 e. The molecule has 2 heteroatoms. The van der Waals surface area contributed by atoms with Crippen molar-refractivity contribution < 1.29 is 0 Å². The van der Waals surface area contributed by atoms with E-state index in [1.807, 2.05) is 0 Å². The first-order valence-electron chi connectivity index (χ1n) is 5.93. The number of hydrogen-bond donors (Lipinski definition) is 0. The Balaban J connectivity index is 2.33. The first kappa shape index (κ1) is 11.0. The van der Waals surface area contributed by atoms with E-state index in [4.69, 9.17) is 11.1 Å². The maximum atomic E-state index is 6.14. The van der Waals surface area contributed by atoms with Crippen LogP contribution in [0.25, 0.3) is 0 Å². The monoisotopic (exact) mass is 230 g/mol. The lowest BCUT2D eigenvalue weighted by Crippen LogP contribution is -2.65. The first-order chi connectivity index (χ1) is 6.37. The molecule has 0 aromatic rings. The molecule has 3 rings (SSSR count). The molecule has 0 heterocycles. The SMILES string of the molecule is CC1(C)CCC2CC1(C[SiH2]Cl)C2(C)C. The highest BCUT2D eigenvalue weighted by atomic mass is 35.6. The summed E-state index contributed by atoms with van der Waals surface area (Å²) in [5, 5.41) is 0. The van der Waals surface area contributed by atoms with Crippen LogP contribution in [-0.4, -0.2) is 8.83 Å². The molecule has 0 N–H and O–H groups in total. The Bertz CT molecular complexity index is 233. The van der Waals surface area contributed by atoms with Gasteiger partial charge in [-0.15, -0.1) is 0 Å². The van der Waals surface area contributed by atoms with Crippen LogP contribution in [0.4, 0.5) is 0 Å². The van der Waals surface area contributed by atoms with Gasteiger partial charge >= 0.3 is 0 Å². The van der Waals surface area contributed by atoms with Crippen LogP contribution >= 0.6 is 11.1 Å². The molecule has 3 aliphatic carbocycles. The van der Waals surface area contributed by atoms with Crippen molar-refractivity contribution in [3.05, 3.63) is 0 Å². The van der Waals surface area contributed by atoms with Crippen molar-refractivity contribution in [1.82, 2.24) is 0 Å². The van der Waals surface area contributed by atoms with Gasteiger partial charge in [-0.25, -0.2) is 0 Å². The van der Waals surface area contributed by atoms with Gasteiger partial charge < -0.3 is 0 Å². The predicted octanol–water partition coefficient (Wildman–Crippen LogP) is 3.58. The van der Waals surface area contributed by atoms with Gasteiger partial charge in [-0.1, -0.05) is 27.7 Å². The van der Waals surface area contributed by atoms with Crippen LogP contribution in [0.2, 0.25) is 6.04 Å². The summed E-state index contributed by atoms with van der Waals surface area (Å²) in [6, 6.07) is 1.35. The first-order valence-corrected chi connectivity index (χ1v) is 9.07. The average Bonchev–Trinajstić information content (AvgIpc) is 2.07. The summed E-state index contributed by atoms with van der Waals surface area (Å²) >= 11 is 6.14. The highest BCUT2D eigenvalue weighted by molar-refractivity contribution is 6.93. The zero-order valence-corrected chi connectivity index (χ0v) is 12.2. The maximum Gasteiger partial charge on any atom is 0.125 e. The summed E-state index contributed by atoms with van der Waals surface area (Å²) in [7, 11) is -0.315. The highest BCUT2D eigenvalue weighted by Gasteiger charge is 2.67. The summed E-state index contributed by atoms with van der Waals surface area (Å²) in [6.07, 6.45) is 4.34. The molecular formula is C12H23ClSi. The van der Waals surface area contributed by atoms with Gasteiger partial charge in [-0.3, -0.25) is 0 Å². The molecule has 3 saturated carbocycles. The molecule has 2 bridgehead atoms. The fraction of sp³-hybridized carbons (Fsp3) is 1.00. The molecule has 3 aliphatic rings. The minimum Gasteiger partial charge on any atom is -0.176 e. The van der Waals surface area contributed by atoms with Gasteiger partial charge in [0, 0.05) is 0 Å². The lowest BCUT2D eigenvalue weighted by molar-refractivity contribution is -0.222. The third kappa shape index (κ3) is 1.06. The third-order valence-electron chi connectivity index (χ3n) is 5.78. The number of rotatable bonds is 2. The lowest BCUT2D eigenvalue weighted by atomic mass is 9.33. The molecule has 3 fully saturated rings. The lowest BCUT2D eigenvalue weighted by Gasteiger charge is -2.73. The highest BCUT2D eigenvalue weighted by Crippen LogP contribution is 2.75. The Morgan fingerprint density at radius 2 is 1.93 bits per heavy atom. The Morgan fingerprint density at radius 3 is 2.36 bits per heavy atom. The fourth-order valence-electron chi connectivity index (χ4n) is 4.51. The molecule has 0 spiro atoms. The van der Waals surface area contributed by atoms with Crippen molar-refractivity contribution in [2.24, 2.45) is 22.2 Å². The zero-order valence-electron chi connectivity index (χ0n) is 9.99. The molecule has 0 aromatic heterocycles.